The van der Waals surface area contributed by atoms with Crippen molar-refractivity contribution in [3.05, 3.63) is 188 Å². The minimum Gasteiger partial charge on any atom is -0.208 e. The molecule has 12 aromatic rings. The predicted octanol–water partition coefficient (Wildman–Crippen LogP) is 14.0. The first-order valence-electron chi connectivity index (χ1n) is 19.1. The fourth-order valence-electron chi connectivity index (χ4n) is 9.08. The Labute approximate surface area is 322 Å². The molecule has 1 aromatic heterocycles. The largest absolute Gasteiger partial charge is 0.208 e. The van der Waals surface area contributed by atoms with E-state index in [-0.39, 0.29) is 0 Å². The van der Waals surface area contributed by atoms with E-state index in [1.807, 2.05) is 18.2 Å². The molecule has 0 saturated heterocycles. The van der Waals surface area contributed by atoms with Crippen LogP contribution in [0, 0.1) is 0 Å². The summed E-state index contributed by atoms with van der Waals surface area (Å²) in [6, 6.07) is 67.5. The Morgan fingerprint density at radius 1 is 0.232 bits per heavy atom. The minimum atomic E-state index is 0.645. The SMILES string of the molecule is c1ccc(-c2nc(-c3ccc(-c4cc5c6ccccc6c6ccccc6c5c5ccccc45)cc3)nc(-c3ccc4ccc5cccc6ccc3c4c56)n2)cc1. The maximum absolute atomic E-state index is 5.22. The average Bonchev–Trinajstić information content (AvgIpc) is 3.28. The van der Waals surface area contributed by atoms with Crippen molar-refractivity contribution in [1.29, 1.82) is 0 Å². The number of aromatic nitrogens is 3. The van der Waals surface area contributed by atoms with Crippen LogP contribution >= 0.6 is 0 Å². The Kier molecular flexibility index (Phi) is 6.63. The second-order valence-electron chi connectivity index (χ2n) is 14.7. The Morgan fingerprint density at radius 3 is 1.41 bits per heavy atom. The standard InChI is InChI=1S/C53H31N3/c1-2-11-36(12-3-1)51-54-52(56-53(55-51)45-30-28-35-24-23-33-13-10-14-34-27-29-44(45)49(35)48(33)34)37-25-21-32(22-26-37)46-31-47-40-17-5-4-15-38(40)39-16-6-8-19-42(39)50(47)43-20-9-7-18-41(43)46/h1-31H. The summed E-state index contributed by atoms with van der Waals surface area (Å²) in [5, 5.41) is 17.5. The van der Waals surface area contributed by atoms with E-state index in [9.17, 15) is 0 Å². The summed E-state index contributed by atoms with van der Waals surface area (Å²) >= 11 is 0. The first-order valence-corrected chi connectivity index (χ1v) is 19.1. The first kappa shape index (κ1) is 30.9. The van der Waals surface area contributed by atoms with E-state index in [0.29, 0.717) is 17.5 Å². The summed E-state index contributed by atoms with van der Waals surface area (Å²) in [6.07, 6.45) is 0. The van der Waals surface area contributed by atoms with Crippen LogP contribution in [0.15, 0.2) is 188 Å². The fraction of sp³-hybridized carbons (Fsp3) is 0. The molecular weight excluding hydrogens is 679 g/mol. The van der Waals surface area contributed by atoms with Crippen LogP contribution in [0.25, 0.3) is 121 Å². The van der Waals surface area contributed by atoms with Gasteiger partial charge in [0.05, 0.1) is 0 Å². The van der Waals surface area contributed by atoms with Crippen molar-refractivity contribution in [3.8, 4) is 45.3 Å². The molecule has 0 aliphatic heterocycles. The van der Waals surface area contributed by atoms with Crippen molar-refractivity contribution in [2.45, 2.75) is 0 Å². The molecule has 1 heterocycles. The van der Waals surface area contributed by atoms with Gasteiger partial charge in [0.25, 0.3) is 0 Å². The third-order valence-electron chi connectivity index (χ3n) is 11.6. The fourth-order valence-corrected chi connectivity index (χ4v) is 9.08. The third kappa shape index (κ3) is 4.61. The van der Waals surface area contributed by atoms with E-state index in [4.69, 9.17) is 15.0 Å². The number of rotatable bonds is 4. The highest BCUT2D eigenvalue weighted by Gasteiger charge is 2.19. The van der Waals surface area contributed by atoms with E-state index in [1.165, 1.54) is 75.6 Å². The van der Waals surface area contributed by atoms with E-state index in [0.717, 1.165) is 27.6 Å². The lowest BCUT2D eigenvalue weighted by Gasteiger charge is -2.16. The first-order chi connectivity index (χ1) is 27.8. The highest BCUT2D eigenvalue weighted by molar-refractivity contribution is 6.33. The van der Waals surface area contributed by atoms with Gasteiger partial charge in [-0.3, -0.25) is 0 Å². The zero-order valence-electron chi connectivity index (χ0n) is 30.2. The van der Waals surface area contributed by atoms with Crippen molar-refractivity contribution >= 4 is 75.4 Å². The molecule has 0 aliphatic carbocycles. The highest BCUT2D eigenvalue weighted by atomic mass is 15.0. The van der Waals surface area contributed by atoms with Crippen LogP contribution in [-0.2, 0) is 0 Å². The highest BCUT2D eigenvalue weighted by Crippen LogP contribution is 2.43. The molecule has 0 fully saturated rings. The number of fused-ring (bicyclic) bond motifs is 8. The number of hydrogen-bond acceptors (Lipinski definition) is 3. The van der Waals surface area contributed by atoms with Gasteiger partial charge in [0.1, 0.15) is 0 Å². The molecule has 0 spiro atoms. The monoisotopic (exact) mass is 709 g/mol. The zero-order valence-corrected chi connectivity index (χ0v) is 30.2. The van der Waals surface area contributed by atoms with Crippen molar-refractivity contribution in [2.75, 3.05) is 0 Å². The van der Waals surface area contributed by atoms with E-state index >= 15 is 0 Å². The van der Waals surface area contributed by atoms with Crippen LogP contribution in [0.4, 0.5) is 0 Å². The second kappa shape index (κ2) is 12.0. The number of hydrogen-bond donors (Lipinski definition) is 0. The van der Waals surface area contributed by atoms with Gasteiger partial charge in [0.2, 0.25) is 0 Å². The van der Waals surface area contributed by atoms with Gasteiger partial charge in [-0.25, -0.2) is 15.0 Å². The Balaban J connectivity index is 1.05. The van der Waals surface area contributed by atoms with Crippen molar-refractivity contribution in [3.63, 3.8) is 0 Å². The molecule has 258 valence electrons. The third-order valence-corrected chi connectivity index (χ3v) is 11.6. The summed E-state index contributed by atoms with van der Waals surface area (Å²) in [5.74, 6) is 1.96. The van der Waals surface area contributed by atoms with Crippen LogP contribution in [0.3, 0.4) is 0 Å². The van der Waals surface area contributed by atoms with Gasteiger partial charge < -0.3 is 0 Å². The summed E-state index contributed by atoms with van der Waals surface area (Å²) in [5.41, 5.74) is 5.24. The lowest BCUT2D eigenvalue weighted by Crippen LogP contribution is -2.00. The summed E-state index contributed by atoms with van der Waals surface area (Å²) < 4.78 is 0. The van der Waals surface area contributed by atoms with Crippen molar-refractivity contribution < 1.29 is 0 Å². The lowest BCUT2D eigenvalue weighted by atomic mass is 9.87. The van der Waals surface area contributed by atoms with Crippen LogP contribution in [0.1, 0.15) is 0 Å². The molecule has 11 aromatic carbocycles. The van der Waals surface area contributed by atoms with Crippen LogP contribution in [0.5, 0.6) is 0 Å². The molecule has 12 rings (SSSR count). The van der Waals surface area contributed by atoms with Gasteiger partial charge in [-0.2, -0.15) is 0 Å². The summed E-state index contributed by atoms with van der Waals surface area (Å²) in [6.45, 7) is 0. The smallest absolute Gasteiger partial charge is 0.164 e. The van der Waals surface area contributed by atoms with Crippen molar-refractivity contribution in [2.24, 2.45) is 0 Å². The molecule has 0 bridgehead atoms. The molecule has 3 heteroatoms. The summed E-state index contributed by atoms with van der Waals surface area (Å²) in [4.78, 5) is 15.4. The van der Waals surface area contributed by atoms with Crippen LogP contribution < -0.4 is 0 Å². The quantitative estimate of drug-likeness (QED) is 0.171. The molecule has 0 saturated carbocycles. The van der Waals surface area contributed by atoms with Gasteiger partial charge >= 0.3 is 0 Å². The predicted molar refractivity (Wildman–Crippen MR) is 235 cm³/mol. The van der Waals surface area contributed by atoms with E-state index < -0.39 is 0 Å². The second-order valence-corrected chi connectivity index (χ2v) is 14.7. The molecule has 0 aliphatic rings. The maximum atomic E-state index is 5.22. The average molecular weight is 710 g/mol. The Hall–Kier alpha value is -7.49. The molecule has 0 unspecified atom stereocenters. The number of nitrogens with zero attached hydrogens (tertiary/aromatic N) is 3. The van der Waals surface area contributed by atoms with Gasteiger partial charge in [-0.15, -0.1) is 0 Å². The minimum absolute atomic E-state index is 0.645. The Morgan fingerprint density at radius 2 is 0.714 bits per heavy atom. The molecular formula is C53H31N3. The molecule has 3 nitrogen and oxygen atoms in total. The lowest BCUT2D eigenvalue weighted by molar-refractivity contribution is 1.08. The van der Waals surface area contributed by atoms with Gasteiger partial charge in [-0.05, 0) is 98.7 Å². The van der Waals surface area contributed by atoms with Crippen LogP contribution in [0.2, 0.25) is 0 Å². The normalized spacial score (nSPS) is 11.9. The van der Waals surface area contributed by atoms with Crippen molar-refractivity contribution in [1.82, 2.24) is 15.0 Å². The van der Waals surface area contributed by atoms with E-state index in [1.54, 1.807) is 0 Å². The zero-order chi connectivity index (χ0) is 36.7. The topological polar surface area (TPSA) is 38.7 Å². The van der Waals surface area contributed by atoms with Gasteiger partial charge in [0.15, 0.2) is 17.5 Å². The summed E-state index contributed by atoms with van der Waals surface area (Å²) in [7, 11) is 0. The van der Waals surface area contributed by atoms with Gasteiger partial charge in [-0.1, -0.05) is 176 Å². The molecule has 0 N–H and O–H groups in total. The van der Waals surface area contributed by atoms with Crippen LogP contribution in [-0.4, -0.2) is 15.0 Å². The number of benzene rings is 11. The van der Waals surface area contributed by atoms with Gasteiger partial charge in [0, 0.05) is 16.7 Å². The van der Waals surface area contributed by atoms with E-state index in [2.05, 4.69) is 170 Å². The Bertz CT molecular complexity index is 3500. The molecule has 56 heavy (non-hydrogen) atoms. The molecule has 0 amide bonds. The molecule has 0 atom stereocenters. The maximum Gasteiger partial charge on any atom is 0.164 e. The molecule has 0 radical (unpaired) electrons.